The van der Waals surface area contributed by atoms with Crippen molar-refractivity contribution in [3.8, 4) is 0 Å². The first-order chi connectivity index (χ1) is 11.0. The van der Waals surface area contributed by atoms with E-state index < -0.39 is 0 Å². The van der Waals surface area contributed by atoms with Gasteiger partial charge in [-0.05, 0) is 35.7 Å². The summed E-state index contributed by atoms with van der Waals surface area (Å²) in [5, 5.41) is 2.82. The van der Waals surface area contributed by atoms with Crippen molar-refractivity contribution in [2.24, 2.45) is 0 Å². The van der Waals surface area contributed by atoms with Crippen LogP contribution < -0.4 is 10.2 Å². The van der Waals surface area contributed by atoms with Crippen molar-refractivity contribution in [1.82, 2.24) is 4.98 Å². The second-order valence-corrected chi connectivity index (χ2v) is 6.39. The zero-order chi connectivity index (χ0) is 16.4. The quantitative estimate of drug-likeness (QED) is 0.899. The third kappa shape index (κ3) is 3.42. The van der Waals surface area contributed by atoms with Crippen LogP contribution in [0.4, 0.5) is 11.4 Å². The number of fused-ring (bicyclic) bond motifs is 1. The molecule has 0 spiro atoms. The van der Waals surface area contributed by atoms with Gasteiger partial charge in [0, 0.05) is 30.3 Å². The van der Waals surface area contributed by atoms with Gasteiger partial charge in [-0.25, -0.2) is 0 Å². The van der Waals surface area contributed by atoms with Crippen molar-refractivity contribution < 1.29 is 9.59 Å². The molecule has 0 unspecified atom stereocenters. The fourth-order valence-electron chi connectivity index (χ4n) is 2.82. The summed E-state index contributed by atoms with van der Waals surface area (Å²) in [7, 11) is 0. The maximum absolute atomic E-state index is 12.7. The van der Waals surface area contributed by atoms with Crippen molar-refractivity contribution in [2.45, 2.75) is 19.8 Å². The van der Waals surface area contributed by atoms with E-state index in [0.29, 0.717) is 18.7 Å². The highest BCUT2D eigenvalue weighted by atomic mass is 79.9. The van der Waals surface area contributed by atoms with E-state index in [-0.39, 0.29) is 11.8 Å². The van der Waals surface area contributed by atoms with Crippen LogP contribution in [0.2, 0.25) is 0 Å². The molecule has 0 fully saturated rings. The second-order valence-electron chi connectivity index (χ2n) is 5.48. The van der Waals surface area contributed by atoms with Gasteiger partial charge in [-0.3, -0.25) is 14.6 Å². The Kier molecular flexibility index (Phi) is 4.43. The summed E-state index contributed by atoms with van der Waals surface area (Å²) in [6.07, 6.45) is 4.46. The van der Waals surface area contributed by atoms with Gasteiger partial charge in [-0.15, -0.1) is 0 Å². The van der Waals surface area contributed by atoms with E-state index >= 15 is 0 Å². The molecule has 1 aromatic heterocycles. The number of anilines is 2. The maximum atomic E-state index is 12.7. The summed E-state index contributed by atoms with van der Waals surface area (Å²) in [5.41, 5.74) is 3.41. The topological polar surface area (TPSA) is 62.3 Å². The standard InChI is InChI=1S/C17H16BrN3O2/c1-11(22)20-15-9-14(18)8-13-4-6-21(17(13)15)16(23)7-12-3-2-5-19-10-12/h2-3,5,8-10H,4,6-7H2,1H3,(H,20,22). The Morgan fingerprint density at radius 1 is 1.39 bits per heavy atom. The highest BCUT2D eigenvalue weighted by Gasteiger charge is 2.28. The van der Waals surface area contributed by atoms with Crippen LogP contribution in [0.25, 0.3) is 0 Å². The highest BCUT2D eigenvalue weighted by Crippen LogP contribution is 2.38. The molecular weight excluding hydrogens is 358 g/mol. The molecule has 23 heavy (non-hydrogen) atoms. The van der Waals surface area contributed by atoms with Crippen LogP contribution in [0.3, 0.4) is 0 Å². The van der Waals surface area contributed by atoms with Gasteiger partial charge in [0.15, 0.2) is 0 Å². The number of aromatic nitrogens is 1. The van der Waals surface area contributed by atoms with Crippen LogP contribution in [-0.4, -0.2) is 23.3 Å². The third-order valence-electron chi connectivity index (χ3n) is 3.72. The van der Waals surface area contributed by atoms with E-state index in [0.717, 1.165) is 27.7 Å². The number of pyridine rings is 1. The normalized spacial score (nSPS) is 12.9. The number of carbonyl (C=O) groups excluding carboxylic acids is 2. The molecule has 0 saturated carbocycles. The molecule has 5 nitrogen and oxygen atoms in total. The summed E-state index contributed by atoms with van der Waals surface area (Å²) in [4.78, 5) is 29.9. The van der Waals surface area contributed by atoms with Crippen LogP contribution in [-0.2, 0) is 22.4 Å². The molecule has 1 aliphatic heterocycles. The first-order valence-electron chi connectivity index (χ1n) is 7.34. The van der Waals surface area contributed by atoms with Gasteiger partial charge in [0.25, 0.3) is 0 Å². The zero-order valence-corrected chi connectivity index (χ0v) is 14.3. The van der Waals surface area contributed by atoms with Gasteiger partial charge in [-0.2, -0.15) is 0 Å². The Morgan fingerprint density at radius 3 is 2.91 bits per heavy atom. The SMILES string of the molecule is CC(=O)Nc1cc(Br)cc2c1N(C(=O)Cc1cccnc1)CC2. The summed E-state index contributed by atoms with van der Waals surface area (Å²) in [6, 6.07) is 7.53. The van der Waals surface area contributed by atoms with Crippen LogP contribution in [0.15, 0.2) is 41.1 Å². The number of amides is 2. The Bertz CT molecular complexity index is 762. The summed E-state index contributed by atoms with van der Waals surface area (Å²) in [6.45, 7) is 2.08. The lowest BCUT2D eigenvalue weighted by Gasteiger charge is -2.21. The molecular formula is C17H16BrN3O2. The van der Waals surface area contributed by atoms with Gasteiger partial charge < -0.3 is 10.2 Å². The molecule has 0 atom stereocenters. The minimum absolute atomic E-state index is 0.00525. The van der Waals surface area contributed by atoms with Crippen LogP contribution in [0.5, 0.6) is 0 Å². The molecule has 1 aliphatic rings. The van der Waals surface area contributed by atoms with Crippen molar-refractivity contribution >= 4 is 39.1 Å². The van der Waals surface area contributed by atoms with Gasteiger partial charge in [0.2, 0.25) is 11.8 Å². The third-order valence-corrected chi connectivity index (χ3v) is 4.18. The summed E-state index contributed by atoms with van der Waals surface area (Å²) in [5.74, 6) is -0.150. The predicted molar refractivity (Wildman–Crippen MR) is 92.4 cm³/mol. The van der Waals surface area contributed by atoms with Gasteiger partial charge >= 0.3 is 0 Å². The molecule has 0 saturated heterocycles. The van der Waals surface area contributed by atoms with Crippen LogP contribution in [0.1, 0.15) is 18.1 Å². The molecule has 3 rings (SSSR count). The van der Waals surface area contributed by atoms with E-state index in [1.165, 1.54) is 6.92 Å². The molecule has 1 N–H and O–H groups in total. The van der Waals surface area contributed by atoms with Crippen molar-refractivity contribution in [2.75, 3.05) is 16.8 Å². The molecule has 0 aliphatic carbocycles. The lowest BCUT2D eigenvalue weighted by atomic mass is 10.1. The van der Waals surface area contributed by atoms with E-state index in [1.807, 2.05) is 24.3 Å². The first kappa shape index (κ1) is 15.7. The number of hydrogen-bond donors (Lipinski definition) is 1. The molecule has 1 aromatic carbocycles. The smallest absolute Gasteiger partial charge is 0.231 e. The molecule has 2 heterocycles. The van der Waals surface area contributed by atoms with Crippen molar-refractivity contribution in [1.29, 1.82) is 0 Å². The van der Waals surface area contributed by atoms with Gasteiger partial charge in [0.05, 0.1) is 17.8 Å². The van der Waals surface area contributed by atoms with Crippen LogP contribution >= 0.6 is 15.9 Å². The molecule has 2 amide bonds. The molecule has 6 heteroatoms. The summed E-state index contributed by atoms with van der Waals surface area (Å²) >= 11 is 3.45. The average molecular weight is 374 g/mol. The zero-order valence-electron chi connectivity index (χ0n) is 12.7. The first-order valence-corrected chi connectivity index (χ1v) is 8.13. The van der Waals surface area contributed by atoms with E-state index in [1.54, 1.807) is 17.3 Å². The van der Waals surface area contributed by atoms with Gasteiger partial charge in [0.1, 0.15) is 0 Å². The fraction of sp³-hybridized carbons (Fsp3) is 0.235. The number of benzene rings is 1. The van der Waals surface area contributed by atoms with E-state index in [2.05, 4.69) is 26.2 Å². The number of nitrogens with zero attached hydrogens (tertiary/aromatic N) is 2. The fourth-order valence-corrected chi connectivity index (χ4v) is 3.32. The number of rotatable bonds is 3. The van der Waals surface area contributed by atoms with Crippen LogP contribution in [0, 0.1) is 0 Å². The largest absolute Gasteiger partial charge is 0.324 e. The number of nitrogens with one attached hydrogen (secondary N) is 1. The number of hydrogen-bond acceptors (Lipinski definition) is 3. The van der Waals surface area contributed by atoms with E-state index in [9.17, 15) is 9.59 Å². The Labute approximate surface area is 142 Å². The van der Waals surface area contributed by atoms with E-state index in [4.69, 9.17) is 0 Å². The lowest BCUT2D eigenvalue weighted by Crippen LogP contribution is -2.31. The average Bonchev–Trinajstić information content (AvgIpc) is 2.91. The second kappa shape index (κ2) is 6.50. The molecule has 0 bridgehead atoms. The minimum Gasteiger partial charge on any atom is -0.324 e. The predicted octanol–water partition coefficient (Wildman–Crippen LogP) is 2.93. The summed E-state index contributed by atoms with van der Waals surface area (Å²) < 4.78 is 0.890. The molecule has 0 radical (unpaired) electrons. The Hall–Kier alpha value is -2.21. The Morgan fingerprint density at radius 2 is 2.22 bits per heavy atom. The molecule has 118 valence electrons. The Balaban J connectivity index is 1.91. The highest BCUT2D eigenvalue weighted by molar-refractivity contribution is 9.10. The van der Waals surface area contributed by atoms with Crippen molar-refractivity contribution in [3.05, 3.63) is 52.3 Å². The maximum Gasteiger partial charge on any atom is 0.231 e. The van der Waals surface area contributed by atoms with Gasteiger partial charge in [-0.1, -0.05) is 22.0 Å². The molecule has 2 aromatic rings. The number of carbonyl (C=O) groups is 2. The number of halogens is 1. The lowest BCUT2D eigenvalue weighted by molar-refractivity contribution is -0.118. The monoisotopic (exact) mass is 373 g/mol. The minimum atomic E-state index is -0.156. The van der Waals surface area contributed by atoms with Crippen molar-refractivity contribution in [3.63, 3.8) is 0 Å².